The van der Waals surface area contributed by atoms with E-state index in [1.165, 1.54) is 0 Å². The molecule has 2 aromatic rings. The van der Waals surface area contributed by atoms with Gasteiger partial charge in [0.2, 0.25) is 5.91 Å². The van der Waals surface area contributed by atoms with E-state index < -0.39 is 55.2 Å². The number of ketones is 2. The number of nitrogens with one attached hydrogen (secondary N) is 1. The zero-order chi connectivity index (χ0) is 30.3. The van der Waals surface area contributed by atoms with E-state index in [9.17, 15) is 33.1 Å². The Bertz CT molecular complexity index is 1140. The number of carboxylic acid groups (broad SMARTS) is 1. The highest BCUT2D eigenvalue weighted by molar-refractivity contribution is 5.93. The molecule has 0 aliphatic carbocycles. The van der Waals surface area contributed by atoms with Gasteiger partial charge in [-0.15, -0.1) is 0 Å². The van der Waals surface area contributed by atoms with Gasteiger partial charge in [-0.1, -0.05) is 60.7 Å². The number of ether oxygens (including phenoxy) is 2. The smallest absolute Gasteiger partial charge is 0.345 e. The van der Waals surface area contributed by atoms with Crippen LogP contribution in [-0.4, -0.2) is 85.6 Å². The van der Waals surface area contributed by atoms with Crippen LogP contribution in [0.25, 0.3) is 0 Å². The maximum Gasteiger partial charge on any atom is 0.345 e. The molecule has 1 saturated heterocycles. The summed E-state index contributed by atoms with van der Waals surface area (Å²) in [5.74, 6) is -4.73. The Hall–Kier alpha value is -3.54. The molecule has 9 nitrogen and oxygen atoms in total. The SMILES string of the molecule is O=C(C[C@@H](CCc1ccccc1)C(=O)N[C@@H](COC(F)F)C(=O)C[C@@H](Cc1ccccc1)C(=O)O)CN1CCOCC1. The molecule has 0 unspecified atom stereocenters. The van der Waals surface area contributed by atoms with Crippen molar-refractivity contribution in [2.24, 2.45) is 11.8 Å². The van der Waals surface area contributed by atoms with E-state index in [2.05, 4.69) is 10.1 Å². The molecule has 1 aliphatic heterocycles. The van der Waals surface area contributed by atoms with E-state index in [4.69, 9.17) is 4.74 Å². The second-order valence-electron chi connectivity index (χ2n) is 10.4. The molecule has 0 bridgehead atoms. The summed E-state index contributed by atoms with van der Waals surface area (Å²) in [5, 5.41) is 12.2. The molecule has 1 fully saturated rings. The van der Waals surface area contributed by atoms with Gasteiger partial charge in [0.25, 0.3) is 0 Å². The molecule has 0 spiro atoms. The molecule has 42 heavy (non-hydrogen) atoms. The van der Waals surface area contributed by atoms with E-state index in [1.807, 2.05) is 35.2 Å². The quantitative estimate of drug-likeness (QED) is 0.273. The second-order valence-corrected chi connectivity index (χ2v) is 10.4. The molecule has 1 aliphatic rings. The summed E-state index contributed by atoms with van der Waals surface area (Å²) in [6.45, 7) is -1.64. The van der Waals surface area contributed by atoms with Crippen molar-refractivity contribution < 1.29 is 42.5 Å². The number of aryl methyl sites for hydroxylation is 1. The molecule has 0 radical (unpaired) electrons. The Morgan fingerprint density at radius 1 is 0.905 bits per heavy atom. The Morgan fingerprint density at radius 2 is 1.52 bits per heavy atom. The van der Waals surface area contributed by atoms with Gasteiger partial charge in [-0.2, -0.15) is 8.78 Å². The van der Waals surface area contributed by atoms with Crippen molar-refractivity contribution in [3.05, 3.63) is 71.8 Å². The molecule has 228 valence electrons. The minimum absolute atomic E-state index is 0.0496. The lowest BCUT2D eigenvalue weighted by molar-refractivity contribution is -0.150. The first-order chi connectivity index (χ1) is 20.2. The first-order valence-electron chi connectivity index (χ1n) is 14.1. The Kier molecular flexibility index (Phi) is 13.7. The van der Waals surface area contributed by atoms with Crippen LogP contribution in [-0.2, 0) is 41.5 Å². The highest BCUT2D eigenvalue weighted by Crippen LogP contribution is 2.18. The molecule has 3 atom stereocenters. The van der Waals surface area contributed by atoms with Crippen LogP contribution in [0.15, 0.2) is 60.7 Å². The van der Waals surface area contributed by atoms with Crippen LogP contribution in [0.2, 0.25) is 0 Å². The molecule has 0 saturated carbocycles. The third kappa shape index (κ3) is 11.8. The average molecular weight is 589 g/mol. The van der Waals surface area contributed by atoms with E-state index in [-0.39, 0.29) is 31.6 Å². The number of hydrogen-bond donors (Lipinski definition) is 2. The van der Waals surface area contributed by atoms with E-state index >= 15 is 0 Å². The van der Waals surface area contributed by atoms with Crippen molar-refractivity contribution in [2.45, 2.75) is 44.8 Å². The number of rotatable bonds is 18. The molecule has 2 N–H and O–H groups in total. The normalized spacial score (nSPS) is 16.0. The minimum atomic E-state index is -3.19. The lowest BCUT2D eigenvalue weighted by Gasteiger charge is -2.27. The summed E-state index contributed by atoms with van der Waals surface area (Å²) in [6.07, 6.45) is 0.222. The van der Waals surface area contributed by atoms with Gasteiger partial charge in [-0.25, -0.2) is 0 Å². The fraction of sp³-hybridized carbons (Fsp3) is 0.484. The number of carboxylic acids is 1. The average Bonchev–Trinajstić information content (AvgIpc) is 2.98. The highest BCUT2D eigenvalue weighted by atomic mass is 19.3. The lowest BCUT2D eigenvalue weighted by atomic mass is 9.91. The van der Waals surface area contributed by atoms with Gasteiger partial charge >= 0.3 is 12.6 Å². The van der Waals surface area contributed by atoms with Gasteiger partial charge in [0.1, 0.15) is 11.8 Å². The van der Waals surface area contributed by atoms with Crippen LogP contribution in [0.4, 0.5) is 8.78 Å². The van der Waals surface area contributed by atoms with Gasteiger partial charge in [0, 0.05) is 31.8 Å². The highest BCUT2D eigenvalue weighted by Gasteiger charge is 2.31. The molecule has 3 rings (SSSR count). The third-order valence-corrected chi connectivity index (χ3v) is 7.19. The summed E-state index contributed by atoms with van der Waals surface area (Å²) >= 11 is 0. The van der Waals surface area contributed by atoms with Crippen LogP contribution in [0.5, 0.6) is 0 Å². The van der Waals surface area contributed by atoms with E-state index in [0.29, 0.717) is 38.3 Å². The molecular formula is C31H38F2N2O7. The Labute approximate surface area is 244 Å². The van der Waals surface area contributed by atoms with Crippen LogP contribution in [0.1, 0.15) is 30.4 Å². The summed E-state index contributed by atoms with van der Waals surface area (Å²) in [7, 11) is 0. The van der Waals surface area contributed by atoms with Crippen molar-refractivity contribution in [3.63, 3.8) is 0 Å². The largest absolute Gasteiger partial charge is 0.481 e. The van der Waals surface area contributed by atoms with Crippen molar-refractivity contribution in [2.75, 3.05) is 39.5 Å². The molecule has 2 aromatic carbocycles. The molecule has 11 heteroatoms. The van der Waals surface area contributed by atoms with Crippen molar-refractivity contribution in [1.82, 2.24) is 10.2 Å². The maximum atomic E-state index is 13.5. The number of benzene rings is 2. The fourth-order valence-corrected chi connectivity index (χ4v) is 4.86. The molecular weight excluding hydrogens is 550 g/mol. The number of morpholine rings is 1. The zero-order valence-electron chi connectivity index (χ0n) is 23.5. The number of carbonyl (C=O) groups excluding carboxylic acids is 3. The van der Waals surface area contributed by atoms with Gasteiger partial charge in [0.05, 0.1) is 32.3 Å². The number of amides is 1. The Balaban J connectivity index is 1.71. The van der Waals surface area contributed by atoms with Crippen molar-refractivity contribution >= 4 is 23.4 Å². The van der Waals surface area contributed by atoms with Gasteiger partial charge in [-0.3, -0.25) is 24.1 Å². The van der Waals surface area contributed by atoms with Crippen molar-refractivity contribution in [3.8, 4) is 0 Å². The van der Waals surface area contributed by atoms with Gasteiger partial charge < -0.3 is 19.9 Å². The maximum absolute atomic E-state index is 13.5. The minimum Gasteiger partial charge on any atom is -0.481 e. The second kappa shape index (κ2) is 17.4. The summed E-state index contributed by atoms with van der Waals surface area (Å²) < 4.78 is 35.6. The van der Waals surface area contributed by atoms with Crippen molar-refractivity contribution in [1.29, 1.82) is 0 Å². The number of alkyl halides is 2. The van der Waals surface area contributed by atoms with E-state index in [1.54, 1.807) is 30.3 Å². The third-order valence-electron chi connectivity index (χ3n) is 7.19. The molecule has 1 heterocycles. The molecule has 0 aromatic heterocycles. The summed E-state index contributed by atoms with van der Waals surface area (Å²) in [5.41, 5.74) is 1.65. The predicted octanol–water partition coefficient (Wildman–Crippen LogP) is 3.15. The number of halogens is 2. The first kappa shape index (κ1) is 33.0. The van der Waals surface area contributed by atoms with Crippen LogP contribution < -0.4 is 5.32 Å². The van der Waals surface area contributed by atoms with Crippen LogP contribution in [0.3, 0.4) is 0 Å². The number of nitrogens with zero attached hydrogens (tertiary/aromatic N) is 1. The summed E-state index contributed by atoms with van der Waals surface area (Å²) in [4.78, 5) is 53.5. The number of hydrogen-bond acceptors (Lipinski definition) is 7. The van der Waals surface area contributed by atoms with Gasteiger partial charge in [0.15, 0.2) is 5.78 Å². The standard InChI is InChI=1S/C31H38F2N2O7/c32-31(33)42-21-27(28(37)19-25(30(39)40)17-23-9-5-2-6-10-23)34-29(38)24(12-11-22-7-3-1-4-8-22)18-26(36)20-35-13-15-41-16-14-35/h1-10,24-25,27,31H,11-21H2,(H,34,38)(H,39,40)/t24-,25-,27+/m1/s1. The summed E-state index contributed by atoms with van der Waals surface area (Å²) in [6, 6.07) is 16.6. The van der Waals surface area contributed by atoms with Crippen LogP contribution in [0, 0.1) is 11.8 Å². The number of aliphatic carboxylic acids is 1. The number of Topliss-reactive ketones (excluding diaryl/α,β-unsaturated/α-hetero) is 2. The zero-order valence-corrected chi connectivity index (χ0v) is 23.5. The number of carbonyl (C=O) groups is 4. The fourth-order valence-electron chi connectivity index (χ4n) is 4.86. The topological polar surface area (TPSA) is 122 Å². The lowest BCUT2D eigenvalue weighted by Crippen LogP contribution is -2.48. The molecule has 1 amide bonds. The first-order valence-corrected chi connectivity index (χ1v) is 14.1. The van der Waals surface area contributed by atoms with Crippen LogP contribution >= 0.6 is 0 Å². The van der Waals surface area contributed by atoms with Gasteiger partial charge in [-0.05, 0) is 30.4 Å². The monoisotopic (exact) mass is 588 g/mol. The Morgan fingerprint density at radius 3 is 2.12 bits per heavy atom. The van der Waals surface area contributed by atoms with E-state index in [0.717, 1.165) is 5.56 Å². The predicted molar refractivity (Wildman–Crippen MR) is 150 cm³/mol.